The summed E-state index contributed by atoms with van der Waals surface area (Å²) in [5, 5.41) is 23.9. The van der Waals surface area contributed by atoms with Gasteiger partial charge in [-0.15, -0.1) is 0 Å². The average Bonchev–Trinajstić information content (AvgIpc) is 3.39. The number of nitrogens with two attached hydrogens (primary N) is 1. The maximum absolute atomic E-state index is 13.0. The molecule has 0 fully saturated rings. The topological polar surface area (TPSA) is 126 Å². The van der Waals surface area contributed by atoms with Crippen LogP contribution in [0.2, 0.25) is 0 Å². The molecule has 0 atom stereocenters. The number of nitrogen functional groups attached to an aromatic ring is 1. The van der Waals surface area contributed by atoms with Gasteiger partial charge in [-0.25, -0.2) is 9.97 Å². The average molecular weight is 572 g/mol. The molecule has 6 aromatic rings. The third-order valence-electron chi connectivity index (χ3n) is 7.70. The third-order valence-corrected chi connectivity index (χ3v) is 7.70. The van der Waals surface area contributed by atoms with Crippen molar-refractivity contribution in [2.45, 2.75) is 39.3 Å². The maximum atomic E-state index is 13.0. The molecule has 0 saturated carbocycles. The van der Waals surface area contributed by atoms with E-state index in [2.05, 4.69) is 40.0 Å². The number of hydrogen-bond acceptors (Lipinski definition) is 6. The van der Waals surface area contributed by atoms with Crippen LogP contribution in [-0.2, 0) is 19.5 Å². The molecule has 43 heavy (non-hydrogen) atoms. The van der Waals surface area contributed by atoms with Gasteiger partial charge < -0.3 is 25.8 Å². The molecule has 2 aromatic heterocycles. The summed E-state index contributed by atoms with van der Waals surface area (Å²) in [4.78, 5) is 22.5. The van der Waals surface area contributed by atoms with Crippen LogP contribution in [-0.4, -0.2) is 30.7 Å². The summed E-state index contributed by atoms with van der Waals surface area (Å²) in [5.74, 6) is 1.14. The van der Waals surface area contributed by atoms with E-state index in [1.807, 2.05) is 30.3 Å². The fraction of sp³-hybridized carbons (Fsp3) is 0.171. The number of fused-ring (bicyclic) bond motifs is 3. The quantitative estimate of drug-likeness (QED) is 0.156. The zero-order chi connectivity index (χ0) is 29.9. The maximum Gasteiger partial charge on any atom is 0.255 e. The number of nitrogens with one attached hydrogen (secondary N) is 1. The lowest BCUT2D eigenvalue weighted by molar-refractivity contribution is 0.0948. The molecule has 5 N–H and O–H groups in total. The van der Waals surface area contributed by atoms with Crippen LogP contribution in [0.25, 0.3) is 33.1 Å². The van der Waals surface area contributed by atoms with Crippen molar-refractivity contribution in [2.24, 2.45) is 0 Å². The molecule has 0 spiro atoms. The predicted molar refractivity (Wildman–Crippen MR) is 170 cm³/mol. The minimum Gasteiger partial charge on any atom is -0.508 e. The second-order valence-electron chi connectivity index (χ2n) is 10.7. The Hall–Kier alpha value is -5.37. The van der Waals surface area contributed by atoms with Crippen molar-refractivity contribution in [1.29, 1.82) is 0 Å². The minimum atomic E-state index is -0.370. The Morgan fingerprint density at radius 2 is 1.60 bits per heavy atom. The van der Waals surface area contributed by atoms with Crippen LogP contribution in [0.1, 0.15) is 47.1 Å². The Balaban J connectivity index is 1.21. The van der Waals surface area contributed by atoms with E-state index in [0.29, 0.717) is 18.9 Å². The first-order valence-corrected chi connectivity index (χ1v) is 14.4. The molecule has 8 nitrogen and oxygen atoms in total. The molecule has 0 radical (unpaired) electrons. The van der Waals surface area contributed by atoms with E-state index in [9.17, 15) is 15.0 Å². The summed E-state index contributed by atoms with van der Waals surface area (Å²) in [7, 11) is 0. The highest BCUT2D eigenvalue weighted by Crippen LogP contribution is 2.30. The predicted octanol–water partition coefficient (Wildman–Crippen LogP) is 6.57. The number of hydrogen-bond donors (Lipinski definition) is 4. The number of aromatic nitrogens is 3. The number of benzene rings is 4. The summed E-state index contributed by atoms with van der Waals surface area (Å²) in [5.41, 5.74) is 12.8. The summed E-state index contributed by atoms with van der Waals surface area (Å²) >= 11 is 0. The van der Waals surface area contributed by atoms with Crippen LogP contribution in [0.5, 0.6) is 11.5 Å². The van der Waals surface area contributed by atoms with E-state index in [1.54, 1.807) is 36.4 Å². The molecular formula is C35H33N5O3. The Kier molecular flexibility index (Phi) is 7.66. The molecule has 1 amide bonds. The number of unbranched alkanes of at least 4 members (excludes halogenated alkanes) is 1. The van der Waals surface area contributed by atoms with Crippen LogP contribution in [0.4, 0.5) is 5.82 Å². The molecule has 8 heteroatoms. The summed E-state index contributed by atoms with van der Waals surface area (Å²) < 4.78 is 2.26. The van der Waals surface area contributed by atoms with E-state index < -0.39 is 0 Å². The highest BCUT2D eigenvalue weighted by molar-refractivity contribution is 6.06. The molecule has 0 saturated heterocycles. The monoisotopic (exact) mass is 571 g/mol. The zero-order valence-corrected chi connectivity index (χ0v) is 23.9. The molecule has 0 aliphatic carbocycles. The van der Waals surface area contributed by atoms with Gasteiger partial charge in [0.05, 0.1) is 16.6 Å². The standard InChI is InChI=1S/C35H33N5O3/c1-2-3-8-31-39-32-33(27-6-4-5-7-29(27)38-34(32)36)40(31)21-23-11-9-22(10-12-23)20-37-35(43)28-19-25(15-18-30(28)42)24-13-16-26(41)17-14-24/h4-7,9-19,41-42H,2-3,8,20-21H2,1H3,(H2,36,38)(H,37,43). The summed E-state index contributed by atoms with van der Waals surface area (Å²) in [6, 6.07) is 27.7. The third kappa shape index (κ3) is 5.72. The normalized spacial score (nSPS) is 11.3. The van der Waals surface area contributed by atoms with Crippen LogP contribution in [0, 0.1) is 0 Å². The lowest BCUT2D eigenvalue weighted by Crippen LogP contribution is -2.23. The number of carbonyl (C=O) groups is 1. The van der Waals surface area contributed by atoms with E-state index in [1.165, 1.54) is 6.07 Å². The first kappa shape index (κ1) is 27.8. The fourth-order valence-electron chi connectivity index (χ4n) is 5.37. The first-order chi connectivity index (χ1) is 20.9. The smallest absolute Gasteiger partial charge is 0.255 e. The van der Waals surface area contributed by atoms with Crippen LogP contribution < -0.4 is 11.1 Å². The lowest BCUT2D eigenvalue weighted by atomic mass is 10.0. The van der Waals surface area contributed by atoms with E-state index in [4.69, 9.17) is 10.7 Å². The highest BCUT2D eigenvalue weighted by Gasteiger charge is 2.18. The number of aromatic hydroxyl groups is 2. The summed E-state index contributed by atoms with van der Waals surface area (Å²) in [6.07, 6.45) is 2.95. The number of nitrogens with zero attached hydrogens (tertiary/aromatic N) is 3. The van der Waals surface area contributed by atoms with E-state index in [-0.39, 0.29) is 23.0 Å². The van der Waals surface area contributed by atoms with Crippen molar-refractivity contribution < 1.29 is 15.0 Å². The van der Waals surface area contributed by atoms with Gasteiger partial charge in [0.2, 0.25) is 0 Å². The second kappa shape index (κ2) is 11.9. The van der Waals surface area contributed by atoms with Crippen molar-refractivity contribution in [3.05, 3.63) is 114 Å². The zero-order valence-electron chi connectivity index (χ0n) is 23.9. The van der Waals surface area contributed by atoms with Gasteiger partial charge in [-0.05, 0) is 59.0 Å². The molecule has 216 valence electrons. The van der Waals surface area contributed by atoms with Gasteiger partial charge in [0.25, 0.3) is 5.91 Å². The number of pyridine rings is 1. The Bertz CT molecular complexity index is 1930. The number of aryl methyl sites for hydroxylation is 1. The molecular weight excluding hydrogens is 538 g/mol. The number of imidazole rings is 1. The van der Waals surface area contributed by atoms with Gasteiger partial charge in [-0.3, -0.25) is 4.79 Å². The number of carbonyl (C=O) groups excluding carboxylic acids is 1. The number of amides is 1. The summed E-state index contributed by atoms with van der Waals surface area (Å²) in [6.45, 7) is 3.11. The molecule has 0 aliphatic heterocycles. The van der Waals surface area contributed by atoms with Crippen molar-refractivity contribution in [3.8, 4) is 22.6 Å². The molecule has 4 aromatic carbocycles. The number of phenolic OH excluding ortho intramolecular Hbond substituents is 2. The molecule has 0 unspecified atom stereocenters. The molecule has 2 heterocycles. The molecule has 0 aliphatic rings. The lowest BCUT2D eigenvalue weighted by Gasteiger charge is -2.12. The van der Waals surface area contributed by atoms with Crippen molar-refractivity contribution in [1.82, 2.24) is 19.9 Å². The number of anilines is 1. The van der Waals surface area contributed by atoms with Crippen molar-refractivity contribution in [2.75, 3.05) is 5.73 Å². The SMILES string of the molecule is CCCCc1nc2c(N)nc3ccccc3c2n1Cc1ccc(CNC(=O)c2cc(-c3ccc(O)cc3)ccc2O)cc1. The number of phenols is 2. The number of rotatable bonds is 9. The second-order valence-corrected chi connectivity index (χ2v) is 10.7. The first-order valence-electron chi connectivity index (χ1n) is 14.4. The van der Waals surface area contributed by atoms with Gasteiger partial charge >= 0.3 is 0 Å². The molecule has 6 rings (SSSR count). The van der Waals surface area contributed by atoms with Gasteiger partial charge in [-0.2, -0.15) is 0 Å². The van der Waals surface area contributed by atoms with Gasteiger partial charge in [0.15, 0.2) is 5.82 Å². The van der Waals surface area contributed by atoms with E-state index in [0.717, 1.165) is 69.3 Å². The minimum absolute atomic E-state index is 0.0924. The Morgan fingerprint density at radius 1 is 0.884 bits per heavy atom. The van der Waals surface area contributed by atoms with E-state index >= 15 is 0 Å². The van der Waals surface area contributed by atoms with Crippen LogP contribution in [0.3, 0.4) is 0 Å². The van der Waals surface area contributed by atoms with Crippen LogP contribution in [0.15, 0.2) is 91.0 Å². The van der Waals surface area contributed by atoms with Crippen LogP contribution >= 0.6 is 0 Å². The fourth-order valence-corrected chi connectivity index (χ4v) is 5.37. The highest BCUT2D eigenvalue weighted by atomic mass is 16.3. The number of para-hydroxylation sites is 1. The Morgan fingerprint density at radius 3 is 2.37 bits per heavy atom. The van der Waals surface area contributed by atoms with Gasteiger partial charge in [0, 0.05) is 24.9 Å². The Labute approximate surface area is 249 Å². The van der Waals surface area contributed by atoms with Gasteiger partial charge in [0.1, 0.15) is 22.8 Å². The molecule has 0 bridgehead atoms. The largest absolute Gasteiger partial charge is 0.508 e. The van der Waals surface area contributed by atoms with Crippen molar-refractivity contribution >= 4 is 33.7 Å². The van der Waals surface area contributed by atoms with Gasteiger partial charge in [-0.1, -0.05) is 74.0 Å². The van der Waals surface area contributed by atoms with Crippen molar-refractivity contribution in [3.63, 3.8) is 0 Å².